The number of carbonyl (C=O) groups is 1. The van der Waals surface area contributed by atoms with E-state index in [1.54, 1.807) is 12.3 Å². The van der Waals surface area contributed by atoms with E-state index >= 15 is 0 Å². The summed E-state index contributed by atoms with van der Waals surface area (Å²) in [5.74, 6) is -0.973. The molecule has 0 bridgehead atoms. The molecule has 6 heteroatoms. The first-order chi connectivity index (χ1) is 8.61. The molecule has 1 unspecified atom stereocenters. The highest BCUT2D eigenvalue weighted by molar-refractivity contribution is 7.10. The maximum absolute atomic E-state index is 10.8. The highest BCUT2D eigenvalue weighted by Gasteiger charge is 2.13. The van der Waals surface area contributed by atoms with Crippen LogP contribution >= 0.6 is 11.3 Å². The lowest BCUT2D eigenvalue weighted by atomic mass is 10.2. The predicted octanol–water partition coefficient (Wildman–Crippen LogP) is 2.93. The molecule has 2 heterocycles. The van der Waals surface area contributed by atoms with Crippen LogP contribution in [-0.4, -0.2) is 27.7 Å². The Morgan fingerprint density at radius 1 is 1.67 bits per heavy atom. The van der Waals surface area contributed by atoms with Crippen LogP contribution in [0.2, 0.25) is 0 Å². The second-order valence-corrected chi connectivity index (χ2v) is 4.67. The van der Waals surface area contributed by atoms with Crippen LogP contribution in [-0.2, 0) is 4.74 Å². The first kappa shape index (κ1) is 12.8. The molecule has 0 saturated heterocycles. The van der Waals surface area contributed by atoms with Gasteiger partial charge >= 0.3 is 5.97 Å². The minimum Gasteiger partial charge on any atom is -0.477 e. The molecule has 2 N–H and O–H groups in total. The minimum absolute atomic E-state index is 0.0355. The summed E-state index contributed by atoms with van der Waals surface area (Å²) in [6.45, 7) is 4.53. The van der Waals surface area contributed by atoms with Crippen molar-refractivity contribution in [2.24, 2.45) is 0 Å². The van der Waals surface area contributed by atoms with Gasteiger partial charge in [-0.25, -0.2) is 9.78 Å². The van der Waals surface area contributed by atoms with Gasteiger partial charge in [-0.1, -0.05) is 0 Å². The van der Waals surface area contributed by atoms with Gasteiger partial charge in [0.05, 0.1) is 5.69 Å². The van der Waals surface area contributed by atoms with Gasteiger partial charge in [0.2, 0.25) is 0 Å². The van der Waals surface area contributed by atoms with Crippen LogP contribution < -0.4 is 0 Å². The second-order valence-electron chi connectivity index (χ2n) is 3.78. The molecule has 5 nitrogen and oxygen atoms in total. The molecule has 2 aromatic heterocycles. The van der Waals surface area contributed by atoms with Crippen LogP contribution in [0.5, 0.6) is 0 Å². The Bertz CT molecular complexity index is 547. The normalized spacial score (nSPS) is 12.6. The summed E-state index contributed by atoms with van der Waals surface area (Å²) >= 11 is 1.51. The lowest BCUT2D eigenvalue weighted by Crippen LogP contribution is -1.98. The molecule has 2 rings (SSSR count). The van der Waals surface area contributed by atoms with E-state index in [2.05, 4.69) is 9.97 Å². The smallest absolute Gasteiger partial charge is 0.352 e. The number of rotatable bonds is 5. The fourth-order valence-electron chi connectivity index (χ4n) is 1.59. The monoisotopic (exact) mass is 266 g/mol. The van der Waals surface area contributed by atoms with Crippen molar-refractivity contribution in [2.75, 3.05) is 6.61 Å². The van der Waals surface area contributed by atoms with E-state index in [1.165, 1.54) is 11.3 Å². The molecule has 0 fully saturated rings. The van der Waals surface area contributed by atoms with Crippen molar-refractivity contribution in [1.29, 1.82) is 0 Å². The summed E-state index contributed by atoms with van der Waals surface area (Å²) in [5.41, 5.74) is 1.71. The highest BCUT2D eigenvalue weighted by atomic mass is 32.1. The van der Waals surface area contributed by atoms with E-state index in [1.807, 2.05) is 19.2 Å². The Labute approximate surface area is 108 Å². The zero-order valence-electron chi connectivity index (χ0n) is 10.1. The van der Waals surface area contributed by atoms with Gasteiger partial charge < -0.3 is 14.8 Å². The molecule has 0 aliphatic rings. The Kier molecular flexibility index (Phi) is 3.78. The third-order valence-corrected chi connectivity index (χ3v) is 3.50. The molecule has 0 spiro atoms. The lowest BCUT2D eigenvalue weighted by Gasteiger charge is -2.06. The van der Waals surface area contributed by atoms with Crippen molar-refractivity contribution >= 4 is 17.3 Å². The number of aromatic amines is 1. The molecule has 1 atom stereocenters. The predicted molar refractivity (Wildman–Crippen MR) is 68.9 cm³/mol. The zero-order valence-corrected chi connectivity index (χ0v) is 11.0. The molecule has 0 amide bonds. The molecular weight excluding hydrogens is 252 g/mol. The maximum atomic E-state index is 10.8. The Balaban J connectivity index is 2.20. The largest absolute Gasteiger partial charge is 0.477 e. The van der Waals surface area contributed by atoms with Crippen molar-refractivity contribution in [3.05, 3.63) is 28.3 Å². The maximum Gasteiger partial charge on any atom is 0.352 e. The summed E-state index contributed by atoms with van der Waals surface area (Å²) < 4.78 is 5.47. The SMILES string of the molecule is CCOC(C)c1nc(-c2c[nH]c(C(=O)O)c2)cs1. The Morgan fingerprint density at radius 2 is 2.44 bits per heavy atom. The summed E-state index contributed by atoms with van der Waals surface area (Å²) in [5, 5.41) is 11.6. The number of H-pyrrole nitrogens is 1. The minimum atomic E-state index is -0.973. The lowest BCUT2D eigenvalue weighted by molar-refractivity contribution is 0.0691. The number of ether oxygens (including phenoxy) is 1. The molecule has 0 saturated carbocycles. The number of aromatic carboxylic acids is 1. The molecule has 0 aromatic carbocycles. The Hall–Kier alpha value is -1.66. The van der Waals surface area contributed by atoms with Gasteiger partial charge in [0.25, 0.3) is 0 Å². The van der Waals surface area contributed by atoms with Crippen LogP contribution in [0.3, 0.4) is 0 Å². The summed E-state index contributed by atoms with van der Waals surface area (Å²) in [4.78, 5) is 17.9. The van der Waals surface area contributed by atoms with Gasteiger partial charge in [-0.2, -0.15) is 0 Å². The van der Waals surface area contributed by atoms with Crippen molar-refractivity contribution in [3.8, 4) is 11.3 Å². The Morgan fingerprint density at radius 3 is 3.06 bits per heavy atom. The van der Waals surface area contributed by atoms with Crippen LogP contribution in [0.15, 0.2) is 17.6 Å². The summed E-state index contributed by atoms with van der Waals surface area (Å²) in [6, 6.07) is 1.58. The average molecular weight is 266 g/mol. The number of carboxylic acid groups (broad SMARTS) is 1. The second kappa shape index (κ2) is 5.32. The first-order valence-electron chi connectivity index (χ1n) is 5.61. The van der Waals surface area contributed by atoms with Gasteiger partial charge in [-0.15, -0.1) is 11.3 Å². The fourth-order valence-corrected chi connectivity index (χ4v) is 2.43. The van der Waals surface area contributed by atoms with Crippen LogP contribution in [0.4, 0.5) is 0 Å². The van der Waals surface area contributed by atoms with E-state index in [4.69, 9.17) is 9.84 Å². The third-order valence-electron chi connectivity index (χ3n) is 2.50. The number of carboxylic acids is 1. The number of hydrogen-bond acceptors (Lipinski definition) is 4. The van der Waals surface area contributed by atoms with Gasteiger partial charge in [0.15, 0.2) is 0 Å². The highest BCUT2D eigenvalue weighted by Crippen LogP contribution is 2.27. The summed E-state index contributed by atoms with van der Waals surface area (Å²) in [7, 11) is 0. The van der Waals surface area contributed by atoms with Crippen molar-refractivity contribution in [1.82, 2.24) is 9.97 Å². The van der Waals surface area contributed by atoms with E-state index in [-0.39, 0.29) is 11.8 Å². The third kappa shape index (κ3) is 2.60. The van der Waals surface area contributed by atoms with E-state index in [9.17, 15) is 4.79 Å². The number of nitrogens with one attached hydrogen (secondary N) is 1. The number of nitrogens with zero attached hydrogens (tertiary/aromatic N) is 1. The number of hydrogen-bond donors (Lipinski definition) is 2. The topological polar surface area (TPSA) is 75.2 Å². The van der Waals surface area contributed by atoms with E-state index in [0.717, 1.165) is 16.3 Å². The molecule has 0 aliphatic carbocycles. The van der Waals surface area contributed by atoms with Crippen LogP contribution in [0.25, 0.3) is 11.3 Å². The summed E-state index contributed by atoms with van der Waals surface area (Å²) in [6.07, 6.45) is 1.61. The number of aromatic nitrogens is 2. The van der Waals surface area contributed by atoms with Gasteiger partial charge in [0.1, 0.15) is 16.8 Å². The zero-order chi connectivity index (χ0) is 13.1. The van der Waals surface area contributed by atoms with E-state index < -0.39 is 5.97 Å². The molecule has 96 valence electrons. The molecule has 2 aromatic rings. The van der Waals surface area contributed by atoms with Crippen LogP contribution in [0.1, 0.15) is 35.4 Å². The molecule has 0 radical (unpaired) electrons. The standard InChI is InChI=1S/C12H14N2O3S/c1-3-17-7(2)11-14-10(6-18-11)8-4-9(12(15)16)13-5-8/h4-7,13H,3H2,1-2H3,(H,15,16). The molecule has 0 aliphatic heterocycles. The first-order valence-corrected chi connectivity index (χ1v) is 6.49. The van der Waals surface area contributed by atoms with Gasteiger partial charge in [-0.3, -0.25) is 0 Å². The number of thiazole rings is 1. The van der Waals surface area contributed by atoms with Gasteiger partial charge in [0, 0.05) is 23.7 Å². The van der Waals surface area contributed by atoms with Gasteiger partial charge in [-0.05, 0) is 19.9 Å². The van der Waals surface area contributed by atoms with Crippen LogP contribution in [0, 0.1) is 0 Å². The van der Waals surface area contributed by atoms with Crippen molar-refractivity contribution in [2.45, 2.75) is 20.0 Å². The molecule has 18 heavy (non-hydrogen) atoms. The quantitative estimate of drug-likeness (QED) is 0.872. The average Bonchev–Trinajstić information content (AvgIpc) is 2.98. The van der Waals surface area contributed by atoms with Crippen molar-refractivity contribution < 1.29 is 14.6 Å². The van der Waals surface area contributed by atoms with Crippen molar-refractivity contribution in [3.63, 3.8) is 0 Å². The molecular formula is C12H14N2O3S. The van der Waals surface area contributed by atoms with E-state index in [0.29, 0.717) is 6.61 Å². The fraction of sp³-hybridized carbons (Fsp3) is 0.333.